The Balaban J connectivity index is 3.88. The SMILES string of the molecule is CNC(CS(=O)(=O)O)C(=O)CCCCCCC=O. The maximum atomic E-state index is 11.6. The molecule has 0 radical (unpaired) electrons. The maximum absolute atomic E-state index is 11.6. The quantitative estimate of drug-likeness (QED) is 0.326. The number of aldehydes is 1. The first-order valence-corrected chi connectivity index (χ1v) is 7.60. The van der Waals surface area contributed by atoms with E-state index in [1.54, 1.807) is 0 Å². The Morgan fingerprint density at radius 3 is 2.39 bits per heavy atom. The molecule has 18 heavy (non-hydrogen) atoms. The van der Waals surface area contributed by atoms with Crippen LogP contribution in [0.2, 0.25) is 0 Å². The van der Waals surface area contributed by atoms with Crippen LogP contribution in [0.5, 0.6) is 0 Å². The molecule has 0 aromatic carbocycles. The van der Waals surface area contributed by atoms with Crippen LogP contribution in [-0.4, -0.2) is 43.9 Å². The van der Waals surface area contributed by atoms with Gasteiger partial charge in [-0.1, -0.05) is 12.8 Å². The standard InChI is InChI=1S/C11H21NO5S/c1-12-10(9-18(15,16)17)11(14)7-5-3-2-4-6-8-13/h8,10,12H,2-7,9H2,1H3,(H,15,16,17). The Hall–Kier alpha value is -0.790. The van der Waals surface area contributed by atoms with E-state index in [4.69, 9.17) is 4.55 Å². The molecule has 1 unspecified atom stereocenters. The number of unbranched alkanes of at least 4 members (excludes halogenated alkanes) is 4. The topological polar surface area (TPSA) is 101 Å². The number of carbonyl (C=O) groups excluding carboxylic acids is 2. The number of Topliss-reactive ketones (excluding diaryl/α,β-unsaturated/α-hetero) is 1. The normalized spacial score (nSPS) is 13.2. The molecule has 0 amide bonds. The Kier molecular flexibility index (Phi) is 8.78. The number of nitrogens with one attached hydrogen (secondary N) is 1. The molecule has 1 atom stereocenters. The van der Waals surface area contributed by atoms with Crippen molar-refractivity contribution in [2.24, 2.45) is 0 Å². The van der Waals surface area contributed by atoms with Crippen LogP contribution in [0.1, 0.15) is 38.5 Å². The predicted molar refractivity (Wildman–Crippen MR) is 68.0 cm³/mol. The van der Waals surface area contributed by atoms with Crippen LogP contribution < -0.4 is 5.32 Å². The zero-order valence-electron chi connectivity index (χ0n) is 10.6. The molecule has 0 rings (SSSR count). The molecule has 0 aliphatic heterocycles. The fourth-order valence-electron chi connectivity index (χ4n) is 1.60. The fraction of sp³-hybridized carbons (Fsp3) is 0.818. The molecular formula is C11H21NO5S. The van der Waals surface area contributed by atoms with Gasteiger partial charge in [-0.2, -0.15) is 8.42 Å². The summed E-state index contributed by atoms with van der Waals surface area (Å²) in [6.07, 6.45) is 4.89. The summed E-state index contributed by atoms with van der Waals surface area (Å²) in [6, 6.07) is -0.852. The molecule has 2 N–H and O–H groups in total. The molecule has 7 heteroatoms. The lowest BCUT2D eigenvalue weighted by Crippen LogP contribution is -2.40. The van der Waals surface area contributed by atoms with Crippen LogP contribution in [-0.2, 0) is 19.7 Å². The van der Waals surface area contributed by atoms with E-state index < -0.39 is 21.9 Å². The van der Waals surface area contributed by atoms with Crippen molar-refractivity contribution in [3.63, 3.8) is 0 Å². The second-order valence-corrected chi connectivity index (χ2v) is 5.67. The van der Waals surface area contributed by atoms with Gasteiger partial charge in [-0.25, -0.2) is 0 Å². The van der Waals surface area contributed by atoms with Gasteiger partial charge in [0.1, 0.15) is 6.29 Å². The summed E-state index contributed by atoms with van der Waals surface area (Å²) in [6.45, 7) is 0. The molecule has 0 saturated heterocycles. The zero-order chi connectivity index (χ0) is 14.0. The van der Waals surface area contributed by atoms with E-state index in [1.165, 1.54) is 7.05 Å². The number of carbonyl (C=O) groups is 2. The summed E-state index contributed by atoms with van der Waals surface area (Å²) in [5, 5.41) is 2.58. The molecule has 0 aliphatic rings. The van der Waals surface area contributed by atoms with E-state index in [9.17, 15) is 18.0 Å². The average molecular weight is 279 g/mol. The number of likely N-dealkylation sites (N-methyl/N-ethyl adjacent to an activating group) is 1. The average Bonchev–Trinajstić information content (AvgIpc) is 2.29. The van der Waals surface area contributed by atoms with E-state index in [2.05, 4.69) is 5.32 Å². The molecule has 0 aromatic heterocycles. The highest BCUT2D eigenvalue weighted by Crippen LogP contribution is 2.07. The molecule has 106 valence electrons. The highest BCUT2D eigenvalue weighted by Gasteiger charge is 2.21. The van der Waals surface area contributed by atoms with E-state index in [0.717, 1.165) is 25.5 Å². The highest BCUT2D eigenvalue weighted by atomic mass is 32.2. The van der Waals surface area contributed by atoms with Crippen LogP contribution in [0, 0.1) is 0 Å². The smallest absolute Gasteiger partial charge is 0.266 e. The lowest BCUT2D eigenvalue weighted by atomic mass is 10.1. The molecule has 0 aliphatic carbocycles. The Labute approximate surface area is 108 Å². The lowest BCUT2D eigenvalue weighted by molar-refractivity contribution is -0.120. The van der Waals surface area contributed by atoms with Gasteiger partial charge in [-0.3, -0.25) is 9.35 Å². The van der Waals surface area contributed by atoms with Crippen LogP contribution in [0.25, 0.3) is 0 Å². The molecule has 6 nitrogen and oxygen atoms in total. The van der Waals surface area contributed by atoms with Crippen molar-refractivity contribution in [2.75, 3.05) is 12.8 Å². The van der Waals surface area contributed by atoms with Crippen LogP contribution in [0.3, 0.4) is 0 Å². The van der Waals surface area contributed by atoms with Crippen molar-refractivity contribution in [2.45, 2.75) is 44.6 Å². The first-order chi connectivity index (χ1) is 8.40. The van der Waals surface area contributed by atoms with Gasteiger partial charge < -0.3 is 10.1 Å². The molecule has 0 heterocycles. The number of ketones is 1. The summed E-state index contributed by atoms with van der Waals surface area (Å²) >= 11 is 0. The minimum atomic E-state index is -4.15. The number of hydrogen-bond acceptors (Lipinski definition) is 5. The van der Waals surface area contributed by atoms with Gasteiger partial charge in [-0.15, -0.1) is 0 Å². The summed E-state index contributed by atoms with van der Waals surface area (Å²) < 4.78 is 30.1. The molecule has 0 aromatic rings. The van der Waals surface area contributed by atoms with Gasteiger partial charge in [0, 0.05) is 12.8 Å². The minimum Gasteiger partial charge on any atom is -0.310 e. The van der Waals surface area contributed by atoms with Crippen molar-refractivity contribution in [1.82, 2.24) is 5.32 Å². The van der Waals surface area contributed by atoms with Crippen molar-refractivity contribution >= 4 is 22.2 Å². The van der Waals surface area contributed by atoms with E-state index in [-0.39, 0.29) is 12.2 Å². The molecule has 0 spiro atoms. The van der Waals surface area contributed by atoms with Crippen LogP contribution >= 0.6 is 0 Å². The monoisotopic (exact) mass is 279 g/mol. The van der Waals surface area contributed by atoms with Crippen molar-refractivity contribution in [3.05, 3.63) is 0 Å². The van der Waals surface area contributed by atoms with Gasteiger partial charge >= 0.3 is 0 Å². The van der Waals surface area contributed by atoms with E-state index >= 15 is 0 Å². The zero-order valence-corrected chi connectivity index (χ0v) is 11.4. The van der Waals surface area contributed by atoms with Crippen molar-refractivity contribution in [3.8, 4) is 0 Å². The first kappa shape index (κ1) is 17.2. The summed E-state index contributed by atoms with van der Waals surface area (Å²) in [5.41, 5.74) is 0. The minimum absolute atomic E-state index is 0.217. The highest BCUT2D eigenvalue weighted by molar-refractivity contribution is 7.85. The largest absolute Gasteiger partial charge is 0.310 e. The summed E-state index contributed by atoms with van der Waals surface area (Å²) in [5.74, 6) is -0.807. The van der Waals surface area contributed by atoms with Crippen molar-refractivity contribution in [1.29, 1.82) is 0 Å². The summed E-state index contributed by atoms with van der Waals surface area (Å²) in [4.78, 5) is 21.7. The third-order valence-corrected chi connectivity index (χ3v) is 3.36. The Morgan fingerprint density at radius 1 is 1.28 bits per heavy atom. The van der Waals surface area contributed by atoms with Crippen LogP contribution in [0.15, 0.2) is 0 Å². The third kappa shape index (κ3) is 9.26. The molecule has 0 bridgehead atoms. The number of hydrogen-bond donors (Lipinski definition) is 2. The second kappa shape index (κ2) is 9.18. The van der Waals surface area contributed by atoms with Crippen LogP contribution in [0.4, 0.5) is 0 Å². The fourth-order valence-corrected chi connectivity index (χ4v) is 2.38. The van der Waals surface area contributed by atoms with E-state index in [1.807, 2.05) is 0 Å². The van der Waals surface area contributed by atoms with Gasteiger partial charge in [0.25, 0.3) is 10.1 Å². The molecule has 0 saturated carbocycles. The lowest BCUT2D eigenvalue weighted by Gasteiger charge is -2.12. The van der Waals surface area contributed by atoms with Crippen molar-refractivity contribution < 1.29 is 22.6 Å². The van der Waals surface area contributed by atoms with E-state index in [0.29, 0.717) is 12.8 Å². The molecule has 0 fully saturated rings. The Bertz CT molecular complexity index is 352. The third-order valence-electron chi connectivity index (χ3n) is 2.61. The van der Waals surface area contributed by atoms with Gasteiger partial charge in [0.15, 0.2) is 5.78 Å². The second-order valence-electron chi connectivity index (χ2n) is 4.18. The van der Waals surface area contributed by atoms with Gasteiger partial charge in [-0.05, 0) is 19.9 Å². The Morgan fingerprint density at radius 2 is 1.89 bits per heavy atom. The number of rotatable bonds is 11. The summed E-state index contributed by atoms with van der Waals surface area (Å²) in [7, 11) is -2.66. The maximum Gasteiger partial charge on any atom is 0.266 e. The molecular weight excluding hydrogens is 258 g/mol. The van der Waals surface area contributed by atoms with Gasteiger partial charge in [0.05, 0.1) is 11.8 Å². The first-order valence-electron chi connectivity index (χ1n) is 5.99. The van der Waals surface area contributed by atoms with Gasteiger partial charge in [0.2, 0.25) is 0 Å². The predicted octanol–water partition coefficient (Wildman–Crippen LogP) is 0.571.